The molecule has 4 aliphatic heterocycles. The Morgan fingerprint density at radius 2 is 1.88 bits per heavy atom. The monoisotopic (exact) mass is 564 g/mol. The molecule has 4 fully saturated rings. The number of phenols is 1. The predicted molar refractivity (Wildman–Crippen MR) is 160 cm³/mol. The second kappa shape index (κ2) is 9.79. The first-order valence-electron chi connectivity index (χ1n) is 15.0. The van der Waals surface area contributed by atoms with Gasteiger partial charge >= 0.3 is 0 Å². The Morgan fingerprint density at radius 1 is 1.10 bits per heavy atom. The quantitative estimate of drug-likeness (QED) is 0.340. The number of aromatic hydroxyl groups is 1. The zero-order valence-corrected chi connectivity index (χ0v) is 23.4. The van der Waals surface area contributed by atoms with Crippen LogP contribution < -0.4 is 15.0 Å². The highest BCUT2D eigenvalue weighted by molar-refractivity contribution is 6.01. The minimum atomic E-state index is -0.505. The number of aromatic nitrogens is 3. The number of ether oxygens (including phenoxy) is 1. The molecule has 4 aliphatic rings. The molecule has 2 aromatic heterocycles. The number of terminal acetylenes is 1. The first kappa shape index (κ1) is 25.7. The van der Waals surface area contributed by atoms with E-state index in [1.165, 1.54) is 37.8 Å². The predicted octanol–water partition coefficient (Wildman–Crippen LogP) is 4.62. The second-order valence-corrected chi connectivity index (χ2v) is 12.3. The van der Waals surface area contributed by atoms with Crippen LogP contribution in [0.4, 0.5) is 10.1 Å². The Balaban J connectivity index is 1.25. The Kier molecular flexibility index (Phi) is 5.99. The van der Waals surface area contributed by atoms with Crippen molar-refractivity contribution in [2.24, 2.45) is 0 Å². The van der Waals surface area contributed by atoms with Gasteiger partial charge in [-0.2, -0.15) is 4.98 Å². The fourth-order valence-electron chi connectivity index (χ4n) is 7.84. The van der Waals surface area contributed by atoms with Gasteiger partial charge in [-0.05, 0) is 75.2 Å². The van der Waals surface area contributed by atoms with Crippen LogP contribution in [0, 0.1) is 18.2 Å². The molecule has 0 aliphatic carbocycles. The maximum Gasteiger partial charge on any atom is 0.217 e. The summed E-state index contributed by atoms with van der Waals surface area (Å²) in [6, 6.07) is 8.98. The molecule has 2 N–H and O–H groups in total. The average Bonchev–Trinajstić information content (AvgIpc) is 3.68. The van der Waals surface area contributed by atoms with Gasteiger partial charge in [-0.1, -0.05) is 12.0 Å². The van der Waals surface area contributed by atoms with Crippen LogP contribution in [0.2, 0.25) is 0 Å². The number of halogens is 1. The van der Waals surface area contributed by atoms with E-state index >= 15 is 0 Å². The number of benzene rings is 2. The lowest BCUT2D eigenvalue weighted by atomic mass is 9.95. The molecular formula is C33H33FN6O2. The standard InChI is InChI=1S/C33H33FN6O2/c1-2-24-27(34)8-5-20-13-23(41)14-25(30(20)24)31-35-16-26-28(39-17-21-6-7-22(18-39)36-21)15-29(37-32(26)38-31)42-19-33-9-3-11-40(33)12-4-10-33/h1,5,8,13-16,21-22,36,41H,3-4,6-7,9-12,17-19H2. The van der Waals surface area contributed by atoms with Crippen LogP contribution in [-0.4, -0.2) is 75.4 Å². The molecule has 0 amide bonds. The summed E-state index contributed by atoms with van der Waals surface area (Å²) < 4.78 is 21.3. The van der Waals surface area contributed by atoms with Crippen LogP contribution in [0.5, 0.6) is 11.6 Å². The molecule has 0 radical (unpaired) electrons. The highest BCUT2D eigenvalue weighted by Gasteiger charge is 2.45. The van der Waals surface area contributed by atoms with Gasteiger partial charge in [0.15, 0.2) is 11.5 Å². The number of piperazine rings is 1. The van der Waals surface area contributed by atoms with E-state index in [2.05, 4.69) is 27.1 Å². The van der Waals surface area contributed by atoms with Crippen molar-refractivity contribution in [3.05, 3.63) is 47.9 Å². The minimum Gasteiger partial charge on any atom is -0.508 e. The number of rotatable bonds is 5. The number of hydrogen-bond acceptors (Lipinski definition) is 8. The maximum atomic E-state index is 14.8. The van der Waals surface area contributed by atoms with Gasteiger partial charge in [-0.15, -0.1) is 6.42 Å². The zero-order valence-electron chi connectivity index (χ0n) is 23.4. The van der Waals surface area contributed by atoms with E-state index in [0.29, 0.717) is 52.4 Å². The Bertz CT molecular complexity index is 1750. The van der Waals surface area contributed by atoms with Crippen LogP contribution in [0.3, 0.4) is 0 Å². The lowest BCUT2D eigenvalue weighted by Gasteiger charge is -2.35. The molecule has 8 nitrogen and oxygen atoms in total. The summed E-state index contributed by atoms with van der Waals surface area (Å²) in [4.78, 5) is 19.5. The summed E-state index contributed by atoms with van der Waals surface area (Å²) in [5.41, 5.74) is 2.19. The van der Waals surface area contributed by atoms with Crippen molar-refractivity contribution >= 4 is 27.5 Å². The van der Waals surface area contributed by atoms with Gasteiger partial charge in [0.1, 0.15) is 18.2 Å². The van der Waals surface area contributed by atoms with Crippen LogP contribution in [-0.2, 0) is 0 Å². The highest BCUT2D eigenvalue weighted by Crippen LogP contribution is 2.40. The van der Waals surface area contributed by atoms with Crippen LogP contribution in [0.15, 0.2) is 36.5 Å². The number of nitrogens with one attached hydrogen (secondary N) is 1. The van der Waals surface area contributed by atoms with Crippen molar-refractivity contribution in [2.75, 3.05) is 37.7 Å². The molecule has 2 unspecified atom stereocenters. The molecule has 4 saturated heterocycles. The van der Waals surface area contributed by atoms with Gasteiger partial charge < -0.3 is 20.1 Å². The van der Waals surface area contributed by atoms with Crippen molar-refractivity contribution in [2.45, 2.75) is 56.1 Å². The molecule has 42 heavy (non-hydrogen) atoms. The van der Waals surface area contributed by atoms with E-state index in [-0.39, 0.29) is 16.9 Å². The Morgan fingerprint density at radius 3 is 2.64 bits per heavy atom. The molecule has 9 heteroatoms. The lowest BCUT2D eigenvalue weighted by molar-refractivity contribution is 0.111. The summed E-state index contributed by atoms with van der Waals surface area (Å²) in [5, 5.41) is 16.2. The van der Waals surface area contributed by atoms with E-state index in [1.54, 1.807) is 18.3 Å². The van der Waals surface area contributed by atoms with Crippen LogP contribution in [0.1, 0.15) is 44.1 Å². The summed E-state index contributed by atoms with van der Waals surface area (Å²) in [7, 11) is 0. The van der Waals surface area contributed by atoms with Crippen molar-refractivity contribution in [3.8, 4) is 35.4 Å². The number of anilines is 1. The average molecular weight is 565 g/mol. The van der Waals surface area contributed by atoms with Gasteiger partial charge in [-0.3, -0.25) is 4.90 Å². The Labute approximate surface area is 243 Å². The number of phenolic OH excluding ortho intramolecular Hbond substituents is 1. The van der Waals surface area contributed by atoms with E-state index in [9.17, 15) is 9.50 Å². The number of hydrogen-bond donors (Lipinski definition) is 2. The number of nitrogens with zero attached hydrogens (tertiary/aromatic N) is 5. The van der Waals surface area contributed by atoms with Gasteiger partial charge in [0.05, 0.1) is 22.2 Å². The summed E-state index contributed by atoms with van der Waals surface area (Å²) in [6.07, 6.45) is 14.6. The number of fused-ring (bicyclic) bond motifs is 5. The highest BCUT2D eigenvalue weighted by atomic mass is 19.1. The fourth-order valence-corrected chi connectivity index (χ4v) is 7.84. The molecule has 8 rings (SSSR count). The van der Waals surface area contributed by atoms with E-state index < -0.39 is 5.82 Å². The molecule has 0 spiro atoms. The smallest absolute Gasteiger partial charge is 0.217 e. The first-order chi connectivity index (χ1) is 20.5. The first-order valence-corrected chi connectivity index (χ1v) is 15.0. The molecular weight excluding hydrogens is 531 g/mol. The lowest BCUT2D eigenvalue weighted by Crippen LogP contribution is -2.51. The van der Waals surface area contributed by atoms with Gasteiger partial charge in [0.2, 0.25) is 5.88 Å². The molecule has 2 bridgehead atoms. The fraction of sp³-hybridized carbons (Fsp3) is 0.424. The second-order valence-electron chi connectivity index (χ2n) is 12.3. The molecule has 6 heterocycles. The van der Waals surface area contributed by atoms with Crippen molar-refractivity contribution in [1.29, 1.82) is 0 Å². The Hall–Kier alpha value is -4.00. The third-order valence-electron chi connectivity index (χ3n) is 9.81. The normalized spacial score (nSPS) is 23.0. The summed E-state index contributed by atoms with van der Waals surface area (Å²) in [6.45, 7) is 4.68. The van der Waals surface area contributed by atoms with Gasteiger partial charge in [0, 0.05) is 48.4 Å². The largest absolute Gasteiger partial charge is 0.508 e. The summed E-state index contributed by atoms with van der Waals surface area (Å²) in [5.74, 6) is 2.87. The van der Waals surface area contributed by atoms with Crippen LogP contribution >= 0.6 is 0 Å². The van der Waals surface area contributed by atoms with Crippen molar-refractivity contribution in [3.63, 3.8) is 0 Å². The third kappa shape index (κ3) is 4.16. The molecule has 2 atom stereocenters. The maximum absolute atomic E-state index is 14.8. The summed E-state index contributed by atoms with van der Waals surface area (Å²) >= 11 is 0. The zero-order chi connectivity index (χ0) is 28.4. The van der Waals surface area contributed by atoms with E-state index in [0.717, 1.165) is 50.1 Å². The topological polar surface area (TPSA) is 86.6 Å². The SMILES string of the molecule is C#Cc1c(F)ccc2cc(O)cc(-c3ncc4c(N5CC6CCC(C5)N6)cc(OCC56CCCN5CCC6)nc4n3)c12. The molecule has 2 aromatic carbocycles. The van der Waals surface area contributed by atoms with Crippen LogP contribution in [0.25, 0.3) is 33.2 Å². The van der Waals surface area contributed by atoms with Crippen molar-refractivity contribution < 1.29 is 14.2 Å². The van der Waals surface area contributed by atoms with Crippen molar-refractivity contribution in [1.82, 2.24) is 25.2 Å². The molecule has 0 saturated carbocycles. The molecule has 4 aromatic rings. The van der Waals surface area contributed by atoms with E-state index in [1.807, 2.05) is 0 Å². The van der Waals surface area contributed by atoms with Gasteiger partial charge in [-0.25, -0.2) is 14.4 Å². The van der Waals surface area contributed by atoms with E-state index in [4.69, 9.17) is 26.1 Å². The number of pyridine rings is 1. The van der Waals surface area contributed by atoms with Gasteiger partial charge in [0.25, 0.3) is 0 Å². The molecule has 214 valence electrons. The minimum absolute atomic E-state index is 0.0229. The third-order valence-corrected chi connectivity index (χ3v) is 9.81.